The van der Waals surface area contributed by atoms with Crippen LogP contribution in [0, 0.1) is 11.8 Å². The Morgan fingerprint density at radius 1 is 0.478 bits per heavy atom. The molecule has 0 fully saturated rings. The highest BCUT2D eigenvalue weighted by Crippen LogP contribution is 2.41. The van der Waals surface area contributed by atoms with Gasteiger partial charge in [-0.2, -0.15) is 52.7 Å². The van der Waals surface area contributed by atoms with Gasteiger partial charge in [0.2, 0.25) is 0 Å². The van der Waals surface area contributed by atoms with Gasteiger partial charge in [0, 0.05) is 0 Å². The Balaban J connectivity index is 4.98. The van der Waals surface area contributed by atoms with E-state index in [-0.39, 0.29) is 12.5 Å². The summed E-state index contributed by atoms with van der Waals surface area (Å²) >= 11 is 0. The molecule has 0 atom stereocenters. The molecule has 0 rings (SSSR count). The number of hydrogen-bond donors (Lipinski definition) is 0. The molecule has 0 N–H and O–H groups in total. The van der Waals surface area contributed by atoms with Crippen LogP contribution in [0.5, 0.6) is 0 Å². The molecule has 0 saturated heterocycles. The maximum absolute atomic E-state index is 12.0. The number of allylic oxidation sites excluding steroid dienone is 2. The number of hydrogen-bond acceptors (Lipinski definition) is 1. The molecule has 0 aromatic rings. The van der Waals surface area contributed by atoms with E-state index >= 15 is 0 Å². The van der Waals surface area contributed by atoms with Crippen molar-refractivity contribution in [1.29, 1.82) is 0 Å². The standard InChI is InChI=1S/C10H6F12O/c11-7(12,13)5(8(14,15)16)1-3-23-4-2-6(9(17,18)19)10(20,21)22/h1-6H. The number of halogens is 12. The molecule has 0 saturated carbocycles. The van der Waals surface area contributed by atoms with E-state index in [0.29, 0.717) is 0 Å². The molecule has 136 valence electrons. The van der Waals surface area contributed by atoms with Crippen LogP contribution in [0.3, 0.4) is 0 Å². The summed E-state index contributed by atoms with van der Waals surface area (Å²) in [5, 5.41) is 0. The first-order valence-electron chi connectivity index (χ1n) is 5.23. The summed E-state index contributed by atoms with van der Waals surface area (Å²) in [5.41, 5.74) is 0. The van der Waals surface area contributed by atoms with Gasteiger partial charge in [0.1, 0.15) is 0 Å². The van der Waals surface area contributed by atoms with E-state index in [0.717, 1.165) is 0 Å². The second-order valence-corrected chi connectivity index (χ2v) is 3.91. The Bertz CT molecular complexity index is 353. The minimum Gasteiger partial charge on any atom is -0.473 e. The molecule has 0 aliphatic rings. The van der Waals surface area contributed by atoms with Gasteiger partial charge in [-0.05, 0) is 12.2 Å². The second-order valence-electron chi connectivity index (χ2n) is 3.91. The Morgan fingerprint density at radius 2 is 0.696 bits per heavy atom. The lowest BCUT2D eigenvalue weighted by atomic mass is 10.1. The first-order valence-corrected chi connectivity index (χ1v) is 5.23. The number of ether oxygens (including phenoxy) is 1. The van der Waals surface area contributed by atoms with Crippen LogP contribution in [0.4, 0.5) is 52.7 Å². The highest BCUT2D eigenvalue weighted by atomic mass is 19.4. The maximum Gasteiger partial charge on any atom is 0.403 e. The third-order valence-corrected chi connectivity index (χ3v) is 2.11. The summed E-state index contributed by atoms with van der Waals surface area (Å²) in [7, 11) is 0. The number of alkyl halides is 12. The van der Waals surface area contributed by atoms with Crippen molar-refractivity contribution in [1.82, 2.24) is 0 Å². The van der Waals surface area contributed by atoms with Crippen LogP contribution in [0.2, 0.25) is 0 Å². The van der Waals surface area contributed by atoms with Crippen molar-refractivity contribution in [3.05, 3.63) is 24.7 Å². The van der Waals surface area contributed by atoms with E-state index in [1.807, 2.05) is 0 Å². The highest BCUT2D eigenvalue weighted by molar-refractivity contribution is 4.96. The third kappa shape index (κ3) is 7.50. The Kier molecular flexibility index (Phi) is 6.44. The Hall–Kier alpha value is -1.56. The summed E-state index contributed by atoms with van der Waals surface area (Å²) < 4.78 is 148. The molecule has 0 aliphatic heterocycles. The summed E-state index contributed by atoms with van der Waals surface area (Å²) in [4.78, 5) is 0. The van der Waals surface area contributed by atoms with Crippen LogP contribution < -0.4 is 0 Å². The fraction of sp³-hybridized carbons (Fsp3) is 0.600. The van der Waals surface area contributed by atoms with E-state index in [9.17, 15) is 52.7 Å². The zero-order chi connectivity index (χ0) is 18.7. The quantitative estimate of drug-likeness (QED) is 0.468. The zero-order valence-electron chi connectivity index (χ0n) is 10.4. The second kappa shape index (κ2) is 6.91. The minimum absolute atomic E-state index is 0.314. The van der Waals surface area contributed by atoms with Crippen LogP contribution in [0.15, 0.2) is 24.7 Å². The first kappa shape index (κ1) is 21.4. The van der Waals surface area contributed by atoms with Crippen molar-refractivity contribution >= 4 is 0 Å². The lowest BCUT2D eigenvalue weighted by Crippen LogP contribution is -2.35. The van der Waals surface area contributed by atoms with Gasteiger partial charge in [-0.3, -0.25) is 0 Å². The van der Waals surface area contributed by atoms with Gasteiger partial charge in [-0.1, -0.05) is 0 Å². The van der Waals surface area contributed by atoms with Gasteiger partial charge in [0.05, 0.1) is 12.5 Å². The molecule has 0 aliphatic carbocycles. The first-order chi connectivity index (χ1) is 9.97. The lowest BCUT2D eigenvalue weighted by Gasteiger charge is -2.19. The molecule has 0 aromatic carbocycles. The summed E-state index contributed by atoms with van der Waals surface area (Å²) in [6.07, 6.45) is -24.9. The van der Waals surface area contributed by atoms with Crippen LogP contribution in [-0.4, -0.2) is 24.7 Å². The fourth-order valence-electron chi connectivity index (χ4n) is 1.10. The van der Waals surface area contributed by atoms with Gasteiger partial charge >= 0.3 is 24.7 Å². The van der Waals surface area contributed by atoms with E-state index < -0.39 is 48.7 Å². The fourth-order valence-corrected chi connectivity index (χ4v) is 1.10. The highest BCUT2D eigenvalue weighted by Gasteiger charge is 2.56. The lowest BCUT2D eigenvalue weighted by molar-refractivity contribution is -0.269. The van der Waals surface area contributed by atoms with Crippen molar-refractivity contribution in [3.8, 4) is 0 Å². The predicted octanol–water partition coefficient (Wildman–Crippen LogP) is 5.51. The molecular formula is C10H6F12O. The van der Waals surface area contributed by atoms with Gasteiger partial charge in [-0.25, -0.2) is 0 Å². The van der Waals surface area contributed by atoms with E-state index in [1.165, 1.54) is 0 Å². The van der Waals surface area contributed by atoms with E-state index in [4.69, 9.17) is 0 Å². The third-order valence-electron chi connectivity index (χ3n) is 2.11. The smallest absolute Gasteiger partial charge is 0.403 e. The molecule has 1 nitrogen and oxygen atoms in total. The molecule has 0 aromatic heterocycles. The molecule has 0 amide bonds. The van der Waals surface area contributed by atoms with Gasteiger partial charge in [0.15, 0.2) is 11.8 Å². The van der Waals surface area contributed by atoms with Crippen LogP contribution >= 0.6 is 0 Å². The normalized spacial score (nSPS) is 15.4. The summed E-state index contributed by atoms with van der Waals surface area (Å²) in [5.74, 6) is -7.96. The SMILES string of the molecule is FC(F)(F)C(C=COC=CC(C(F)(F)F)C(F)(F)F)C(F)(F)F. The molecule has 0 bridgehead atoms. The molecule has 23 heavy (non-hydrogen) atoms. The summed E-state index contributed by atoms with van der Waals surface area (Å²) in [6, 6.07) is 0. The van der Waals surface area contributed by atoms with Crippen LogP contribution in [0.1, 0.15) is 0 Å². The van der Waals surface area contributed by atoms with Crippen molar-refractivity contribution in [2.24, 2.45) is 11.8 Å². The predicted molar refractivity (Wildman–Crippen MR) is 50.6 cm³/mol. The molecular weight excluding hydrogens is 364 g/mol. The minimum atomic E-state index is -5.76. The van der Waals surface area contributed by atoms with Crippen molar-refractivity contribution < 1.29 is 57.4 Å². The molecule has 0 radical (unpaired) electrons. The Labute approximate surface area is 120 Å². The van der Waals surface area contributed by atoms with Gasteiger partial charge in [-0.15, -0.1) is 0 Å². The average molecular weight is 370 g/mol. The van der Waals surface area contributed by atoms with E-state index in [2.05, 4.69) is 4.74 Å². The van der Waals surface area contributed by atoms with Crippen molar-refractivity contribution in [2.45, 2.75) is 24.7 Å². The summed E-state index contributed by atoms with van der Waals surface area (Å²) in [6.45, 7) is 0. The molecule has 0 spiro atoms. The van der Waals surface area contributed by atoms with E-state index in [1.54, 1.807) is 0 Å². The molecule has 0 heterocycles. The van der Waals surface area contributed by atoms with Crippen LogP contribution in [0.25, 0.3) is 0 Å². The average Bonchev–Trinajstić information content (AvgIpc) is 2.19. The number of rotatable bonds is 4. The topological polar surface area (TPSA) is 9.23 Å². The molecule has 0 unspecified atom stereocenters. The Morgan fingerprint density at radius 3 is 0.870 bits per heavy atom. The molecule has 13 heteroatoms. The van der Waals surface area contributed by atoms with Gasteiger partial charge in [0.25, 0.3) is 0 Å². The van der Waals surface area contributed by atoms with Crippen LogP contribution in [-0.2, 0) is 4.74 Å². The van der Waals surface area contributed by atoms with Crippen molar-refractivity contribution in [3.63, 3.8) is 0 Å². The zero-order valence-corrected chi connectivity index (χ0v) is 10.4. The monoisotopic (exact) mass is 370 g/mol. The van der Waals surface area contributed by atoms with Gasteiger partial charge < -0.3 is 4.74 Å². The van der Waals surface area contributed by atoms with Crippen molar-refractivity contribution in [2.75, 3.05) is 0 Å². The largest absolute Gasteiger partial charge is 0.473 e. The maximum atomic E-state index is 12.0.